The lowest BCUT2D eigenvalue weighted by Gasteiger charge is -2.38. The summed E-state index contributed by atoms with van der Waals surface area (Å²) in [7, 11) is 0. The van der Waals surface area contributed by atoms with Gasteiger partial charge in [0.05, 0.1) is 17.8 Å². The number of ether oxygens (including phenoxy) is 1. The lowest BCUT2D eigenvalue weighted by molar-refractivity contribution is 0.107. The zero-order valence-corrected chi connectivity index (χ0v) is 23.8. The van der Waals surface area contributed by atoms with Crippen LogP contribution in [0.3, 0.4) is 0 Å². The molecule has 0 saturated carbocycles. The largest absolute Gasteiger partial charge is 0.508 e. The summed E-state index contributed by atoms with van der Waals surface area (Å²) >= 11 is 0. The first-order chi connectivity index (χ1) is 19.9. The highest BCUT2D eigenvalue weighted by Gasteiger charge is 2.49. The van der Waals surface area contributed by atoms with Crippen molar-refractivity contribution in [3.63, 3.8) is 0 Å². The van der Waals surface area contributed by atoms with E-state index in [0.29, 0.717) is 44.2 Å². The van der Waals surface area contributed by atoms with Crippen molar-refractivity contribution in [3.05, 3.63) is 47.2 Å². The van der Waals surface area contributed by atoms with Crippen molar-refractivity contribution >= 4 is 22.3 Å². The summed E-state index contributed by atoms with van der Waals surface area (Å²) in [5.41, 5.74) is 4.18. The van der Waals surface area contributed by atoms with E-state index in [1.807, 2.05) is 18.2 Å². The van der Waals surface area contributed by atoms with Gasteiger partial charge in [-0.15, -0.1) is 0 Å². The molecule has 2 N–H and O–H groups in total. The van der Waals surface area contributed by atoms with Gasteiger partial charge in [0.15, 0.2) is 0 Å². The van der Waals surface area contributed by atoms with Crippen molar-refractivity contribution in [2.24, 2.45) is 0 Å². The van der Waals surface area contributed by atoms with Gasteiger partial charge in [-0.2, -0.15) is 9.97 Å². The number of alkyl halides is 1. The lowest BCUT2D eigenvalue weighted by Crippen LogP contribution is -2.52. The minimum absolute atomic E-state index is 0.239. The van der Waals surface area contributed by atoms with Crippen molar-refractivity contribution in [2.75, 3.05) is 49.1 Å². The zero-order valence-electron chi connectivity index (χ0n) is 23.8. The summed E-state index contributed by atoms with van der Waals surface area (Å²) in [5.74, 6) is 1.28. The number of nitrogens with one attached hydrogen (secondary N) is 1. The number of rotatable bonds is 5. The van der Waals surface area contributed by atoms with Gasteiger partial charge in [0, 0.05) is 67.4 Å². The first-order valence-electron chi connectivity index (χ1n) is 15.3. The molecule has 2 unspecified atom stereocenters. The number of hydrogen-bond acceptors (Lipinski definition) is 8. The number of hydrogen-bond donors (Lipinski definition) is 2. The standard InChI is InChI=1S/C32H39FN6O2/c1-20-4-2-5-21-12-25(40)13-28(29(20)21)37-11-8-26-27(18-37)35-31(36-30(26)38-16-23-6-7-24(17-38)34-23)41-19-32-9-3-10-39(32)15-22(33)14-32/h2,4-5,12-13,22-24,34,40H,3,6-11,14-19H2,1H3/t22-,23?,24?,32+/m1/s1. The van der Waals surface area contributed by atoms with Crippen LogP contribution >= 0.6 is 0 Å². The number of aromatic nitrogens is 2. The third-order valence-electron chi connectivity index (χ3n) is 10.3. The second-order valence-electron chi connectivity index (χ2n) is 13.0. The topological polar surface area (TPSA) is 77.0 Å². The number of aryl methyl sites for hydroxylation is 1. The molecule has 8 nitrogen and oxygen atoms in total. The molecule has 0 aliphatic carbocycles. The first kappa shape index (κ1) is 25.5. The molecular formula is C32H39FN6O2. The van der Waals surface area contributed by atoms with E-state index in [1.54, 1.807) is 0 Å². The SMILES string of the molecule is Cc1cccc2cc(O)cc(N3CCc4c(nc(OC[C@@]56CCCN5C[C@H](F)C6)nc4N4CC5CCC(C4)N5)C3)c12. The van der Waals surface area contributed by atoms with Crippen LogP contribution in [0.5, 0.6) is 11.8 Å². The van der Waals surface area contributed by atoms with Gasteiger partial charge in [0.2, 0.25) is 0 Å². The minimum atomic E-state index is -0.788. The Morgan fingerprint density at radius 1 is 1.10 bits per heavy atom. The summed E-state index contributed by atoms with van der Waals surface area (Å²) in [6, 6.07) is 11.4. The molecule has 4 atom stereocenters. The van der Waals surface area contributed by atoms with E-state index in [4.69, 9.17) is 14.7 Å². The molecule has 3 aromatic rings. The van der Waals surface area contributed by atoms with Gasteiger partial charge in [0.1, 0.15) is 24.3 Å². The van der Waals surface area contributed by atoms with E-state index < -0.39 is 6.17 Å². The summed E-state index contributed by atoms with van der Waals surface area (Å²) < 4.78 is 20.9. The van der Waals surface area contributed by atoms with Crippen LogP contribution < -0.4 is 19.9 Å². The Balaban J connectivity index is 1.15. The molecule has 5 aliphatic heterocycles. The molecular weight excluding hydrogens is 519 g/mol. The van der Waals surface area contributed by atoms with Gasteiger partial charge in [0.25, 0.3) is 0 Å². The number of benzene rings is 2. The minimum Gasteiger partial charge on any atom is -0.508 e. The summed E-state index contributed by atoms with van der Waals surface area (Å²) in [6.07, 6.45) is 5.03. The molecule has 41 heavy (non-hydrogen) atoms. The number of aromatic hydroxyl groups is 1. The van der Waals surface area contributed by atoms with E-state index >= 15 is 0 Å². The van der Waals surface area contributed by atoms with Crippen molar-refractivity contribution in [1.82, 2.24) is 20.2 Å². The van der Waals surface area contributed by atoms with Crippen LogP contribution in [0, 0.1) is 6.92 Å². The summed E-state index contributed by atoms with van der Waals surface area (Å²) in [5, 5.41) is 16.5. The number of phenolic OH excluding ortho intramolecular Hbond substituents is 1. The van der Waals surface area contributed by atoms with Gasteiger partial charge in [-0.25, -0.2) is 4.39 Å². The highest BCUT2D eigenvalue weighted by Crippen LogP contribution is 2.41. The van der Waals surface area contributed by atoms with Crippen LogP contribution in [-0.2, 0) is 13.0 Å². The van der Waals surface area contributed by atoms with Crippen LogP contribution in [0.25, 0.3) is 10.8 Å². The molecule has 0 radical (unpaired) electrons. The van der Waals surface area contributed by atoms with Gasteiger partial charge in [-0.05, 0) is 62.6 Å². The second-order valence-corrected chi connectivity index (χ2v) is 13.0. The molecule has 2 bridgehead atoms. The van der Waals surface area contributed by atoms with Crippen molar-refractivity contribution in [1.29, 1.82) is 0 Å². The second kappa shape index (κ2) is 9.70. The Morgan fingerprint density at radius 3 is 2.80 bits per heavy atom. The summed E-state index contributed by atoms with van der Waals surface area (Å²) in [6.45, 7) is 7.34. The van der Waals surface area contributed by atoms with Crippen LogP contribution in [0.15, 0.2) is 30.3 Å². The average molecular weight is 559 g/mol. The van der Waals surface area contributed by atoms with Crippen molar-refractivity contribution < 1.29 is 14.2 Å². The quantitative estimate of drug-likeness (QED) is 0.485. The van der Waals surface area contributed by atoms with Gasteiger partial charge < -0.3 is 25.0 Å². The van der Waals surface area contributed by atoms with Gasteiger partial charge in [-0.3, -0.25) is 4.90 Å². The highest BCUT2D eigenvalue weighted by atomic mass is 19.1. The molecule has 2 aromatic carbocycles. The molecule has 0 spiro atoms. The fraction of sp³-hybridized carbons (Fsp3) is 0.562. The Kier molecular flexibility index (Phi) is 6.04. The molecule has 1 aromatic heterocycles. The maximum atomic E-state index is 14.4. The van der Waals surface area contributed by atoms with E-state index in [1.165, 1.54) is 29.4 Å². The normalized spacial score (nSPS) is 29.3. The predicted octanol–water partition coefficient (Wildman–Crippen LogP) is 4.10. The third-order valence-corrected chi connectivity index (χ3v) is 10.3. The van der Waals surface area contributed by atoms with E-state index in [9.17, 15) is 9.50 Å². The fourth-order valence-corrected chi connectivity index (χ4v) is 8.36. The number of fused-ring (bicyclic) bond motifs is 5. The Morgan fingerprint density at radius 2 is 1.95 bits per heavy atom. The number of anilines is 2. The van der Waals surface area contributed by atoms with E-state index in [-0.39, 0.29) is 11.3 Å². The monoisotopic (exact) mass is 558 g/mol. The maximum Gasteiger partial charge on any atom is 0.318 e. The first-order valence-corrected chi connectivity index (χ1v) is 15.3. The molecule has 5 aliphatic rings. The van der Waals surface area contributed by atoms with Crippen LogP contribution in [0.2, 0.25) is 0 Å². The maximum absolute atomic E-state index is 14.4. The molecule has 9 heteroatoms. The predicted molar refractivity (Wildman–Crippen MR) is 158 cm³/mol. The molecule has 4 saturated heterocycles. The van der Waals surface area contributed by atoms with Gasteiger partial charge in [-0.1, -0.05) is 18.2 Å². The molecule has 8 rings (SSSR count). The molecule has 6 heterocycles. The number of nitrogens with zero attached hydrogens (tertiary/aromatic N) is 5. The third kappa shape index (κ3) is 4.39. The smallest absolute Gasteiger partial charge is 0.318 e. The Bertz CT molecular complexity index is 1490. The fourth-order valence-electron chi connectivity index (χ4n) is 8.36. The Hall–Kier alpha value is -3.17. The Labute approximate surface area is 240 Å². The number of piperazine rings is 1. The molecule has 216 valence electrons. The van der Waals surface area contributed by atoms with E-state index in [0.717, 1.165) is 68.0 Å². The van der Waals surface area contributed by atoms with Crippen LogP contribution in [0.1, 0.15) is 48.9 Å². The summed E-state index contributed by atoms with van der Waals surface area (Å²) in [4.78, 5) is 17.2. The van der Waals surface area contributed by atoms with Crippen LogP contribution in [-0.4, -0.2) is 83.1 Å². The van der Waals surface area contributed by atoms with E-state index in [2.05, 4.69) is 39.1 Å². The lowest BCUT2D eigenvalue weighted by atomic mass is 9.95. The zero-order chi connectivity index (χ0) is 27.7. The number of halogens is 1. The van der Waals surface area contributed by atoms with Crippen molar-refractivity contribution in [2.45, 2.75) is 75.8 Å². The highest BCUT2D eigenvalue weighted by molar-refractivity contribution is 5.98. The molecule has 0 amide bonds. The average Bonchev–Trinajstić information content (AvgIpc) is 3.61. The van der Waals surface area contributed by atoms with Gasteiger partial charge >= 0.3 is 6.01 Å². The number of phenols is 1. The molecule has 4 fully saturated rings. The van der Waals surface area contributed by atoms with Crippen molar-refractivity contribution in [3.8, 4) is 11.8 Å². The van der Waals surface area contributed by atoms with Crippen LogP contribution in [0.4, 0.5) is 15.9 Å².